The van der Waals surface area contributed by atoms with Gasteiger partial charge in [-0.2, -0.15) is 4.80 Å². The van der Waals surface area contributed by atoms with E-state index in [4.69, 9.17) is 9.47 Å². The van der Waals surface area contributed by atoms with Crippen LogP contribution in [-0.4, -0.2) is 172 Å². The molecule has 26 heteroatoms. The van der Waals surface area contributed by atoms with Crippen molar-refractivity contribution in [3.63, 3.8) is 0 Å². The van der Waals surface area contributed by atoms with Crippen LogP contribution in [0.25, 0.3) is 0 Å². The largest absolute Gasteiger partial charge is 0.481 e. The summed E-state index contributed by atoms with van der Waals surface area (Å²) in [6.45, 7) is 12.4. The number of aromatic amines is 1. The van der Waals surface area contributed by atoms with Crippen molar-refractivity contribution in [2.45, 2.75) is 257 Å². The maximum absolute atomic E-state index is 12.4. The summed E-state index contributed by atoms with van der Waals surface area (Å²) in [7, 11) is -3.76. The Hall–Kier alpha value is -4.54. The molecule has 0 aromatic carbocycles. The highest BCUT2D eigenvalue weighted by molar-refractivity contribution is 7.90. The number of imidazole rings is 1. The minimum Gasteiger partial charge on any atom is -0.481 e. The van der Waals surface area contributed by atoms with Crippen molar-refractivity contribution in [3.05, 3.63) is 24.0 Å². The molecule has 87 heavy (non-hydrogen) atoms. The monoisotopic (exact) mass is 1260 g/mol. The van der Waals surface area contributed by atoms with Crippen LogP contribution in [-0.2, 0) is 61.9 Å². The third kappa shape index (κ3) is 50.0. The first-order valence-electron chi connectivity index (χ1n) is 32.4. The van der Waals surface area contributed by atoms with E-state index >= 15 is 0 Å². The molecule has 510 valence electrons. The van der Waals surface area contributed by atoms with Gasteiger partial charge in [-0.3, -0.25) is 28.7 Å². The van der Waals surface area contributed by atoms with Gasteiger partial charge in [-0.05, 0) is 110 Å². The fraction of sp³-hybridized carbons (Fsp3) is 0.852. The first-order chi connectivity index (χ1) is 40.6. The van der Waals surface area contributed by atoms with E-state index < -0.39 is 39.8 Å². The molecular weight excluding hydrogens is 1140 g/mol. The van der Waals surface area contributed by atoms with Crippen molar-refractivity contribution < 1.29 is 69.9 Å². The normalized spacial score (nSPS) is 12.2. The lowest BCUT2D eigenvalue weighted by atomic mass is 9.94. The quantitative estimate of drug-likeness (QED) is 0.0320. The van der Waals surface area contributed by atoms with Crippen LogP contribution < -0.4 is 26.0 Å². The Morgan fingerprint density at radius 1 is 0.586 bits per heavy atom. The number of hydrogen-bond donors (Lipinski definition) is 8. The number of sulfonamides is 1. The molecule has 2 rings (SSSR count). The molecule has 0 radical (unpaired) electrons. The number of carboxylic acids is 2. The third-order valence-electron chi connectivity index (χ3n) is 14.8. The van der Waals surface area contributed by atoms with Gasteiger partial charge in [-0.1, -0.05) is 128 Å². The van der Waals surface area contributed by atoms with E-state index in [2.05, 4.69) is 72.1 Å². The summed E-state index contributed by atoms with van der Waals surface area (Å²) in [6.07, 6.45) is 34.4. The minimum atomic E-state index is -3.76. The lowest BCUT2D eigenvalue weighted by molar-refractivity contribution is -0.144. The number of carbonyl (C=O) groups is 5. The number of tetrazole rings is 1. The third-order valence-corrected chi connectivity index (χ3v) is 16.2. The highest BCUT2D eigenvalue weighted by Gasteiger charge is 2.22. The number of ketones is 1. The molecule has 0 aliphatic heterocycles. The Labute approximate surface area is 522 Å². The number of aryl methyl sites for hydroxylation is 2. The number of ether oxygens (including phenoxy) is 2. The number of aliphatic carboxylic acids is 2. The number of carbonyl (C=O) groups excluding carboxylic acids is 3. The first-order valence-corrected chi connectivity index (χ1v) is 34.0. The number of rotatable bonds is 60. The van der Waals surface area contributed by atoms with Crippen molar-refractivity contribution in [2.24, 2.45) is 5.92 Å². The van der Waals surface area contributed by atoms with Gasteiger partial charge in [-0.25, -0.2) is 13.4 Å². The lowest BCUT2D eigenvalue weighted by Crippen LogP contribution is -2.37. The Morgan fingerprint density at radius 3 is 1.63 bits per heavy atom. The molecule has 2 aromatic rings. The molecule has 2 aromatic heterocycles. The molecule has 0 aliphatic carbocycles. The molecule has 0 bridgehead atoms. The van der Waals surface area contributed by atoms with Crippen molar-refractivity contribution in [3.8, 4) is 0 Å². The van der Waals surface area contributed by atoms with Gasteiger partial charge in [0.05, 0.1) is 50.0 Å². The number of H-pyrrole nitrogens is 1. The standard InChI is InChI=1S/C61H113N11O11S.3H2O.H2/c1-61(2,3)72-69-56(68-71-72)33-23-19-15-11-7-5-4-6-8-12-16-20-24-34-58(75)70-84(80,81)48-30-35-57(74)66-41-27-22-18-14-10-9-13-17-21-26-40-65-55(60(78)79)32-29-39-63-43-45-83-47-46-82-44-42-62-38-28-25-31-52(59(76)77)49-54(73)37-36-53-50-64-51-67-53;;;;/h50-52,55,62-63,65H,4-49H2,1-3H3,(H,64,67)(H,66,74)(H,70,75)(H,76,77)(H,78,79);3*1H2;1H/t52-,55+;;;;/m1..../s1. The number of carboxylic acid groups (broad SMARTS) is 2. The van der Waals surface area contributed by atoms with E-state index in [9.17, 15) is 42.6 Å². The number of Topliss-reactive ketones (excluding diaryl/α,β-unsaturated/α-hetero) is 1. The summed E-state index contributed by atoms with van der Waals surface area (Å²) in [5, 5.41) is 44.7. The van der Waals surface area contributed by atoms with E-state index in [-0.39, 0.29) is 66.5 Å². The van der Waals surface area contributed by atoms with Gasteiger partial charge in [0.2, 0.25) is 21.8 Å². The minimum absolute atomic E-state index is 0. The molecule has 0 unspecified atom stereocenters. The molecule has 25 nitrogen and oxygen atoms in total. The average Bonchev–Trinajstić information content (AvgIpc) is 4.05. The smallest absolute Gasteiger partial charge is 0.320 e. The molecule has 2 atom stereocenters. The number of nitrogens with zero attached hydrogens (tertiary/aromatic N) is 5. The van der Waals surface area contributed by atoms with Crippen LogP contribution in [0.15, 0.2) is 12.5 Å². The van der Waals surface area contributed by atoms with E-state index in [0.717, 1.165) is 121 Å². The molecule has 0 spiro atoms. The van der Waals surface area contributed by atoms with Gasteiger partial charge < -0.3 is 62.4 Å². The van der Waals surface area contributed by atoms with Crippen LogP contribution in [0.4, 0.5) is 0 Å². The molecule has 0 fully saturated rings. The molecule has 0 saturated heterocycles. The number of unbranched alkanes of at least 4 members (excludes halogenated alkanes) is 22. The van der Waals surface area contributed by atoms with Crippen molar-refractivity contribution in [1.82, 2.24) is 56.2 Å². The van der Waals surface area contributed by atoms with E-state index in [1.54, 1.807) is 17.3 Å². The topological polar surface area (TPSA) is 405 Å². The predicted molar refractivity (Wildman–Crippen MR) is 342 cm³/mol. The maximum Gasteiger partial charge on any atom is 0.320 e. The van der Waals surface area contributed by atoms with Gasteiger partial charge in [-0.15, -0.1) is 10.2 Å². The van der Waals surface area contributed by atoms with E-state index in [1.165, 1.54) is 64.2 Å². The van der Waals surface area contributed by atoms with Crippen LogP contribution in [0.1, 0.15) is 246 Å². The second-order valence-corrected chi connectivity index (χ2v) is 25.5. The molecule has 0 aliphatic rings. The molecule has 0 saturated carbocycles. The van der Waals surface area contributed by atoms with Gasteiger partial charge in [0.25, 0.3) is 0 Å². The molecular formula is C61H121N11O14S. The van der Waals surface area contributed by atoms with Crippen molar-refractivity contribution >= 4 is 39.6 Å². The van der Waals surface area contributed by atoms with Gasteiger partial charge in [0, 0.05) is 65.1 Å². The summed E-state index contributed by atoms with van der Waals surface area (Å²) in [5.41, 5.74) is 0.731. The number of nitrogens with one attached hydrogen (secondary N) is 6. The van der Waals surface area contributed by atoms with Crippen LogP contribution in [0.5, 0.6) is 0 Å². The summed E-state index contributed by atoms with van der Waals surface area (Å²) < 4.78 is 38.2. The summed E-state index contributed by atoms with van der Waals surface area (Å²) in [4.78, 5) is 68.8. The van der Waals surface area contributed by atoms with Gasteiger partial charge >= 0.3 is 11.9 Å². The van der Waals surface area contributed by atoms with Crippen LogP contribution >= 0.6 is 0 Å². The number of hydrogen-bond acceptors (Lipinski definition) is 16. The zero-order chi connectivity index (χ0) is 61.2. The lowest BCUT2D eigenvalue weighted by Gasteiger charge is -2.15. The Bertz CT molecular complexity index is 2110. The number of amides is 2. The average molecular weight is 1260 g/mol. The van der Waals surface area contributed by atoms with Crippen molar-refractivity contribution in [1.29, 1.82) is 0 Å². The summed E-state index contributed by atoms with van der Waals surface area (Å²) in [6, 6.07) is -0.555. The number of aromatic nitrogens is 6. The van der Waals surface area contributed by atoms with Crippen molar-refractivity contribution in [2.75, 3.05) is 71.4 Å². The molecule has 2 amide bonds. The maximum atomic E-state index is 12.4. The second kappa shape index (κ2) is 55.5. The first kappa shape index (κ1) is 84.5. The highest BCUT2D eigenvalue weighted by atomic mass is 32.2. The summed E-state index contributed by atoms with van der Waals surface area (Å²) in [5.74, 6) is -2.48. The van der Waals surface area contributed by atoms with Crippen LogP contribution in [0.3, 0.4) is 0 Å². The fourth-order valence-electron chi connectivity index (χ4n) is 9.73. The molecule has 14 N–H and O–H groups in total. The van der Waals surface area contributed by atoms with Gasteiger partial charge in [0.1, 0.15) is 11.8 Å². The van der Waals surface area contributed by atoms with Gasteiger partial charge in [0.15, 0.2) is 5.82 Å². The van der Waals surface area contributed by atoms with E-state index in [0.29, 0.717) is 91.3 Å². The molecule has 2 heterocycles. The van der Waals surface area contributed by atoms with Crippen LogP contribution in [0, 0.1) is 5.92 Å². The fourth-order valence-corrected chi connectivity index (χ4v) is 10.8. The predicted octanol–water partition coefficient (Wildman–Crippen LogP) is 6.67. The Balaban J connectivity index is -0.0000181. The SMILES string of the molecule is CC(C)(C)n1nnc(CCCCCCCCCCCCCCCC(=O)NS(=O)(=O)CCCC(=O)NCCCCCCCCCCCCN[C@@H](CCCNCCOCCOCCNCCCC[C@H](CC(=O)CCc2cnc[nH]2)C(=O)O)C(=O)O)n1.O.O.O.[HH]. The summed E-state index contributed by atoms with van der Waals surface area (Å²) >= 11 is 0. The Morgan fingerprint density at radius 2 is 1.10 bits per heavy atom. The zero-order valence-corrected chi connectivity index (χ0v) is 54.4. The van der Waals surface area contributed by atoms with Crippen LogP contribution in [0.2, 0.25) is 0 Å². The second-order valence-electron chi connectivity index (χ2n) is 23.7. The zero-order valence-electron chi connectivity index (χ0n) is 53.5. The highest BCUT2D eigenvalue weighted by Crippen LogP contribution is 2.18. The Kier molecular flexibility index (Phi) is 53.9. The van der Waals surface area contributed by atoms with E-state index in [1.807, 2.05) is 0 Å².